The summed E-state index contributed by atoms with van der Waals surface area (Å²) in [6.07, 6.45) is 31.2. The van der Waals surface area contributed by atoms with E-state index in [9.17, 15) is 39.8 Å². The second-order valence-corrected chi connectivity index (χ2v) is 17.0. The first-order valence-corrected chi connectivity index (χ1v) is 24.0. The third-order valence-electron chi connectivity index (χ3n) is 10.3. The number of hydrogen-bond acceptors (Lipinski definition) is 11. The van der Waals surface area contributed by atoms with E-state index in [0.717, 1.165) is 51.4 Å². The molecule has 0 aromatic heterocycles. The number of phosphoric ester groups is 1. The van der Waals surface area contributed by atoms with Gasteiger partial charge in [0.05, 0.1) is 12.9 Å². The van der Waals surface area contributed by atoms with Crippen LogP contribution in [0.3, 0.4) is 0 Å². The fourth-order valence-corrected chi connectivity index (χ4v) is 7.59. The summed E-state index contributed by atoms with van der Waals surface area (Å²) >= 11 is 0. The zero-order chi connectivity index (χ0) is 42.7. The van der Waals surface area contributed by atoms with Crippen molar-refractivity contribution in [2.45, 2.75) is 217 Å². The van der Waals surface area contributed by atoms with Gasteiger partial charge in [0.15, 0.2) is 6.10 Å². The molecule has 58 heavy (non-hydrogen) atoms. The van der Waals surface area contributed by atoms with Crippen LogP contribution < -0.4 is 0 Å². The van der Waals surface area contributed by atoms with E-state index in [0.29, 0.717) is 6.42 Å². The molecule has 0 amide bonds. The lowest BCUT2D eigenvalue weighted by molar-refractivity contribution is -0.220. The summed E-state index contributed by atoms with van der Waals surface area (Å²) in [5.74, 6) is -0.537. The quantitative estimate of drug-likeness (QED) is 0.0114. The van der Waals surface area contributed by atoms with Gasteiger partial charge in [-0.3, -0.25) is 13.8 Å². The predicted molar refractivity (Wildman–Crippen MR) is 230 cm³/mol. The van der Waals surface area contributed by atoms with Gasteiger partial charge in [-0.1, -0.05) is 147 Å². The molecule has 0 aromatic rings. The molecule has 6 N–H and O–H groups in total. The van der Waals surface area contributed by atoms with Gasteiger partial charge < -0.3 is 39.9 Å². The summed E-state index contributed by atoms with van der Waals surface area (Å²) < 4.78 is 33.8. The van der Waals surface area contributed by atoms with Crippen LogP contribution in [-0.2, 0) is 27.9 Å². The van der Waals surface area contributed by atoms with Crippen LogP contribution in [0.25, 0.3) is 0 Å². The summed E-state index contributed by atoms with van der Waals surface area (Å²) in [5.41, 5.74) is 0. The van der Waals surface area contributed by atoms with Crippen LogP contribution in [0.15, 0.2) is 48.8 Å². The number of carbonyl (C=O) groups excluding carboxylic acids is 1. The van der Waals surface area contributed by atoms with Crippen LogP contribution in [0, 0.1) is 0 Å². The minimum absolute atomic E-state index is 0.121. The van der Waals surface area contributed by atoms with E-state index in [4.69, 9.17) is 18.5 Å². The molecule has 0 heterocycles. The van der Waals surface area contributed by atoms with Crippen molar-refractivity contribution in [1.29, 1.82) is 0 Å². The maximum absolute atomic E-state index is 12.8. The summed E-state index contributed by atoms with van der Waals surface area (Å²) in [5, 5.41) is 50.1. The van der Waals surface area contributed by atoms with Crippen molar-refractivity contribution >= 4 is 13.8 Å². The van der Waals surface area contributed by atoms with Gasteiger partial charge in [0, 0.05) is 6.42 Å². The molecular formula is C45H81O12P. The topological polar surface area (TPSA) is 192 Å². The number of allylic oxidation sites excluding steroid dienone is 7. The average molecular weight is 845 g/mol. The van der Waals surface area contributed by atoms with E-state index in [1.54, 1.807) is 0 Å². The first kappa shape index (κ1) is 54.2. The van der Waals surface area contributed by atoms with Gasteiger partial charge in [0.2, 0.25) is 0 Å². The minimum atomic E-state index is -5.04. The zero-order valence-corrected chi connectivity index (χ0v) is 36.7. The van der Waals surface area contributed by atoms with Crippen LogP contribution in [0.5, 0.6) is 0 Å². The largest absolute Gasteiger partial charge is 0.498 e. The monoisotopic (exact) mass is 845 g/mol. The third-order valence-corrected chi connectivity index (χ3v) is 11.3. The lowest BCUT2D eigenvalue weighted by atomic mass is 9.85. The number of rotatable bonds is 37. The minimum Gasteiger partial charge on any atom is -0.498 e. The van der Waals surface area contributed by atoms with Crippen molar-refractivity contribution in [3.8, 4) is 0 Å². The molecule has 1 aliphatic carbocycles. The number of phosphoric acid groups is 1. The summed E-state index contributed by atoms with van der Waals surface area (Å²) in [6.45, 7) is 3.66. The molecule has 0 aromatic carbocycles. The van der Waals surface area contributed by atoms with Crippen molar-refractivity contribution in [2.24, 2.45) is 0 Å². The van der Waals surface area contributed by atoms with Crippen molar-refractivity contribution in [1.82, 2.24) is 0 Å². The Morgan fingerprint density at radius 1 is 0.552 bits per heavy atom. The Morgan fingerprint density at radius 3 is 1.50 bits per heavy atom. The third kappa shape index (κ3) is 27.8. The highest BCUT2D eigenvalue weighted by atomic mass is 31.2. The first-order valence-electron chi connectivity index (χ1n) is 22.5. The average Bonchev–Trinajstić information content (AvgIpc) is 3.21. The van der Waals surface area contributed by atoms with E-state index in [2.05, 4.69) is 50.3 Å². The van der Waals surface area contributed by atoms with Gasteiger partial charge in [-0.2, -0.15) is 0 Å². The van der Waals surface area contributed by atoms with Crippen LogP contribution in [0.4, 0.5) is 0 Å². The van der Waals surface area contributed by atoms with Gasteiger partial charge in [0.25, 0.3) is 0 Å². The number of ether oxygens (including phenoxy) is 2. The molecule has 6 unspecified atom stereocenters. The highest BCUT2D eigenvalue weighted by Crippen LogP contribution is 2.47. The van der Waals surface area contributed by atoms with Crippen LogP contribution in [0.1, 0.15) is 174 Å². The highest BCUT2D eigenvalue weighted by molar-refractivity contribution is 7.47. The van der Waals surface area contributed by atoms with E-state index < -0.39 is 63.1 Å². The first-order chi connectivity index (χ1) is 28.0. The molecule has 0 spiro atoms. The summed E-state index contributed by atoms with van der Waals surface area (Å²) in [6, 6.07) is 0. The Labute approximate surface area is 350 Å². The molecule has 8 atom stereocenters. The van der Waals surface area contributed by atoms with Crippen molar-refractivity contribution in [3.63, 3.8) is 0 Å². The molecule has 1 aliphatic rings. The van der Waals surface area contributed by atoms with Crippen LogP contribution in [0.2, 0.25) is 0 Å². The fraction of sp³-hybridized carbons (Fsp3) is 0.800. The Morgan fingerprint density at radius 2 is 0.966 bits per heavy atom. The van der Waals surface area contributed by atoms with Gasteiger partial charge in [-0.25, -0.2) is 4.57 Å². The number of aliphatic hydroxyl groups excluding tert-OH is 5. The van der Waals surface area contributed by atoms with Crippen molar-refractivity contribution in [2.75, 3.05) is 13.2 Å². The van der Waals surface area contributed by atoms with Gasteiger partial charge >= 0.3 is 13.8 Å². The molecular weight excluding hydrogens is 763 g/mol. The predicted octanol–water partition coefficient (Wildman–Crippen LogP) is 9.21. The number of aliphatic hydroxyl groups is 5. The smallest absolute Gasteiger partial charge is 0.472 e. The van der Waals surface area contributed by atoms with Gasteiger partial charge in [-0.05, 0) is 63.9 Å². The maximum atomic E-state index is 12.8. The number of carbonyl (C=O) groups is 1. The van der Waals surface area contributed by atoms with E-state index in [1.807, 2.05) is 6.08 Å². The standard InChI is InChI=1S/C45H81O12P/c1-3-5-7-9-11-13-15-17-19-21-23-25-27-29-31-33-35-54-36-38(37-55-58(52,53)57-45-43(50)41(48)40(47)42(49)44(45)51)56-39(46)34-32-30-28-26-24-22-20-18-16-14-12-10-8-6-4-2/h12,14,18,20,24,26,33,35,38,40-45,47-51H,3-11,13,15-17,19,21-23,25,27-32,34,36-37H2,1-2H3,(H,52,53)/b14-12-,20-18-,26-24-,35-33-/t38-,40?,41-,42?,43?,44?,45?/m1/s1. The van der Waals surface area contributed by atoms with Crippen molar-refractivity contribution in [3.05, 3.63) is 48.8 Å². The molecule has 13 heteroatoms. The summed E-state index contributed by atoms with van der Waals surface area (Å²) in [4.78, 5) is 23.1. The Kier molecular flexibility index (Phi) is 33.5. The molecule has 0 radical (unpaired) electrons. The van der Waals surface area contributed by atoms with Gasteiger partial charge in [-0.15, -0.1) is 0 Å². The van der Waals surface area contributed by atoms with Gasteiger partial charge in [0.1, 0.15) is 43.2 Å². The SMILES string of the molecule is CCCCC/C=C\C/C=C\C/C=C\CCCCC(=O)O[C@H](CO/C=C\CCCCCCCCCCCCCCCC)COP(=O)(O)OC1C(O)C(O)C(O)[C@@H](O)C1O. The molecule has 0 bridgehead atoms. The normalized spacial score (nSPS) is 23.0. The molecule has 1 saturated carbocycles. The summed E-state index contributed by atoms with van der Waals surface area (Å²) in [7, 11) is -5.04. The van der Waals surface area contributed by atoms with Crippen LogP contribution in [-0.4, -0.2) is 92.3 Å². The lowest BCUT2D eigenvalue weighted by Gasteiger charge is -2.41. The number of unbranched alkanes of at least 4 members (excludes halogenated alkanes) is 19. The highest BCUT2D eigenvalue weighted by Gasteiger charge is 2.51. The van der Waals surface area contributed by atoms with E-state index >= 15 is 0 Å². The molecule has 1 fully saturated rings. The molecule has 338 valence electrons. The molecule has 0 saturated heterocycles. The van der Waals surface area contributed by atoms with E-state index in [1.165, 1.54) is 103 Å². The number of hydrogen-bond donors (Lipinski definition) is 6. The molecule has 0 aliphatic heterocycles. The molecule has 12 nitrogen and oxygen atoms in total. The lowest BCUT2D eigenvalue weighted by Crippen LogP contribution is -2.64. The van der Waals surface area contributed by atoms with Crippen molar-refractivity contribution < 1.29 is 58.3 Å². The Balaban J connectivity index is 2.47. The Hall–Kier alpha value is -1.86. The van der Waals surface area contributed by atoms with E-state index in [-0.39, 0.29) is 13.0 Å². The second kappa shape index (κ2) is 35.9. The number of esters is 1. The Bertz CT molecular complexity index is 1140. The zero-order valence-electron chi connectivity index (χ0n) is 35.8. The second-order valence-electron chi connectivity index (χ2n) is 15.6. The fourth-order valence-electron chi connectivity index (χ4n) is 6.62. The molecule has 1 rings (SSSR count). The van der Waals surface area contributed by atoms with Crippen LogP contribution >= 0.6 is 7.82 Å². The maximum Gasteiger partial charge on any atom is 0.472 e.